The second kappa shape index (κ2) is 9.16. The third-order valence-corrected chi connectivity index (χ3v) is 5.47. The van der Waals surface area contributed by atoms with E-state index < -0.39 is 22.4 Å². The maximum Gasteiger partial charge on any atom is 0.387 e. The predicted octanol–water partition coefficient (Wildman–Crippen LogP) is 3.33. The summed E-state index contributed by atoms with van der Waals surface area (Å²) in [7, 11) is -3.57. The van der Waals surface area contributed by atoms with Gasteiger partial charge in [0.15, 0.2) is 9.84 Å². The molecule has 0 radical (unpaired) electrons. The highest BCUT2D eigenvalue weighted by atomic mass is 32.2. The Balaban J connectivity index is 2.25. The number of nitriles is 1. The van der Waals surface area contributed by atoms with Crippen LogP contribution in [0.5, 0.6) is 11.5 Å². The van der Waals surface area contributed by atoms with Crippen molar-refractivity contribution in [2.45, 2.75) is 18.4 Å². The lowest BCUT2D eigenvalue weighted by molar-refractivity contribution is -0.112. The van der Waals surface area contributed by atoms with Crippen molar-refractivity contribution in [1.29, 1.82) is 5.26 Å². The Morgan fingerprint density at radius 2 is 1.93 bits per heavy atom. The van der Waals surface area contributed by atoms with E-state index in [0.717, 1.165) is 12.1 Å². The number of ether oxygens (including phenoxy) is 1. The standard InChI is InChI=1S/C19H16F2N2O5S/c1-2-29(26,27)15-7-8-17(24)16(10-15)23-18(25)13(11-22)9-12-3-5-14(6-4-12)28-19(20)21/h3-10,19,24H,2H2,1H3,(H,23,25). The Morgan fingerprint density at radius 3 is 2.48 bits per heavy atom. The van der Waals surface area contributed by atoms with E-state index in [9.17, 15) is 32.4 Å². The number of halogens is 2. The van der Waals surface area contributed by atoms with Gasteiger partial charge in [-0.1, -0.05) is 19.1 Å². The summed E-state index contributed by atoms with van der Waals surface area (Å²) >= 11 is 0. The van der Waals surface area contributed by atoms with Crippen LogP contribution in [-0.2, 0) is 14.6 Å². The molecule has 1 amide bonds. The van der Waals surface area contributed by atoms with Crippen molar-refractivity contribution in [3.8, 4) is 17.6 Å². The number of hydrogen-bond donors (Lipinski definition) is 2. The first-order chi connectivity index (χ1) is 13.7. The maximum absolute atomic E-state index is 12.4. The molecule has 2 N–H and O–H groups in total. The smallest absolute Gasteiger partial charge is 0.387 e. The molecule has 0 atom stereocenters. The number of rotatable bonds is 7. The molecule has 0 fully saturated rings. The highest BCUT2D eigenvalue weighted by Gasteiger charge is 2.17. The third kappa shape index (κ3) is 5.76. The maximum atomic E-state index is 12.4. The fourth-order valence-electron chi connectivity index (χ4n) is 2.23. The zero-order valence-corrected chi connectivity index (χ0v) is 15.9. The fraction of sp³-hybridized carbons (Fsp3) is 0.158. The summed E-state index contributed by atoms with van der Waals surface area (Å²) in [6, 6.07) is 10.3. The number of carbonyl (C=O) groups excluding carboxylic acids is 1. The number of alkyl halides is 2. The molecule has 0 bridgehead atoms. The quantitative estimate of drug-likeness (QED) is 0.402. The van der Waals surface area contributed by atoms with Crippen LogP contribution in [0.15, 0.2) is 52.9 Å². The van der Waals surface area contributed by atoms with Gasteiger partial charge in [0.1, 0.15) is 23.1 Å². The SMILES string of the molecule is CCS(=O)(=O)c1ccc(O)c(NC(=O)C(C#N)=Cc2ccc(OC(F)F)cc2)c1. The van der Waals surface area contributed by atoms with Crippen LogP contribution in [0.1, 0.15) is 12.5 Å². The molecule has 0 heterocycles. The first-order valence-corrected chi connectivity index (χ1v) is 9.85. The minimum absolute atomic E-state index is 0.0843. The number of aromatic hydroxyl groups is 1. The number of hydrogen-bond acceptors (Lipinski definition) is 6. The molecule has 29 heavy (non-hydrogen) atoms. The van der Waals surface area contributed by atoms with Crippen LogP contribution in [0.25, 0.3) is 6.08 Å². The van der Waals surface area contributed by atoms with Crippen LogP contribution in [0.4, 0.5) is 14.5 Å². The van der Waals surface area contributed by atoms with Gasteiger partial charge in [0, 0.05) is 0 Å². The van der Waals surface area contributed by atoms with E-state index in [1.165, 1.54) is 43.3 Å². The molecule has 10 heteroatoms. The lowest BCUT2D eigenvalue weighted by Gasteiger charge is -2.09. The minimum atomic E-state index is -3.57. The second-order valence-electron chi connectivity index (χ2n) is 5.65. The van der Waals surface area contributed by atoms with Gasteiger partial charge in [0.05, 0.1) is 16.3 Å². The van der Waals surface area contributed by atoms with Gasteiger partial charge in [0.25, 0.3) is 5.91 Å². The number of benzene rings is 2. The number of nitrogens with zero attached hydrogens (tertiary/aromatic N) is 1. The van der Waals surface area contributed by atoms with Crippen molar-refractivity contribution in [1.82, 2.24) is 0 Å². The zero-order chi connectivity index (χ0) is 21.6. The van der Waals surface area contributed by atoms with Crippen molar-refractivity contribution in [3.05, 3.63) is 53.6 Å². The Labute approximate surface area is 165 Å². The van der Waals surface area contributed by atoms with Crippen molar-refractivity contribution in [2.75, 3.05) is 11.1 Å². The van der Waals surface area contributed by atoms with Gasteiger partial charge in [-0.3, -0.25) is 4.79 Å². The van der Waals surface area contributed by atoms with E-state index >= 15 is 0 Å². The topological polar surface area (TPSA) is 116 Å². The highest BCUT2D eigenvalue weighted by molar-refractivity contribution is 7.91. The largest absolute Gasteiger partial charge is 0.506 e. The molecule has 152 valence electrons. The van der Waals surface area contributed by atoms with E-state index in [-0.39, 0.29) is 33.4 Å². The summed E-state index contributed by atoms with van der Waals surface area (Å²) in [5.74, 6) is -1.51. The molecule has 7 nitrogen and oxygen atoms in total. The summed E-state index contributed by atoms with van der Waals surface area (Å²) in [6.45, 7) is -1.52. The predicted molar refractivity (Wildman–Crippen MR) is 101 cm³/mol. The van der Waals surface area contributed by atoms with E-state index in [0.29, 0.717) is 5.56 Å². The van der Waals surface area contributed by atoms with Crippen molar-refractivity contribution in [2.24, 2.45) is 0 Å². The number of phenolic OH excluding ortho intramolecular Hbond substituents is 1. The molecule has 2 aromatic rings. The molecule has 0 saturated heterocycles. The summed E-state index contributed by atoms with van der Waals surface area (Å²) in [5.41, 5.74) is -0.160. The van der Waals surface area contributed by atoms with Crippen LogP contribution in [-0.4, -0.2) is 31.8 Å². The summed E-state index contributed by atoms with van der Waals surface area (Å²) in [6.07, 6.45) is 1.20. The van der Waals surface area contributed by atoms with Gasteiger partial charge in [-0.05, 0) is 42.0 Å². The van der Waals surface area contributed by atoms with Crippen molar-refractivity contribution in [3.63, 3.8) is 0 Å². The number of phenols is 1. The second-order valence-corrected chi connectivity index (χ2v) is 7.93. The molecular weight excluding hydrogens is 406 g/mol. The van der Waals surface area contributed by atoms with Crippen LogP contribution in [0, 0.1) is 11.3 Å². The zero-order valence-electron chi connectivity index (χ0n) is 15.1. The lowest BCUT2D eigenvalue weighted by atomic mass is 10.1. The number of sulfone groups is 1. The molecule has 0 aliphatic carbocycles. The molecule has 0 saturated carbocycles. The van der Waals surface area contributed by atoms with Crippen molar-refractivity contribution >= 4 is 27.5 Å². The van der Waals surface area contributed by atoms with Gasteiger partial charge in [-0.25, -0.2) is 8.42 Å². The van der Waals surface area contributed by atoms with E-state index in [2.05, 4.69) is 10.1 Å². The number of nitrogens with one attached hydrogen (secondary N) is 1. The van der Waals surface area contributed by atoms with Gasteiger partial charge >= 0.3 is 6.61 Å². The monoisotopic (exact) mass is 422 g/mol. The first-order valence-electron chi connectivity index (χ1n) is 8.20. The fourth-order valence-corrected chi connectivity index (χ4v) is 3.13. The molecule has 0 aliphatic rings. The first kappa shape index (κ1) is 21.8. The average Bonchev–Trinajstić information content (AvgIpc) is 2.68. The molecule has 0 aromatic heterocycles. The Morgan fingerprint density at radius 1 is 1.28 bits per heavy atom. The van der Waals surface area contributed by atoms with Crippen LogP contribution in [0.2, 0.25) is 0 Å². The molecule has 0 unspecified atom stereocenters. The van der Waals surface area contributed by atoms with Crippen LogP contribution in [0.3, 0.4) is 0 Å². The Bertz CT molecular complexity index is 1070. The average molecular weight is 422 g/mol. The molecule has 0 spiro atoms. The highest BCUT2D eigenvalue weighted by Crippen LogP contribution is 2.27. The van der Waals surface area contributed by atoms with Gasteiger partial charge in [-0.2, -0.15) is 14.0 Å². The van der Waals surface area contributed by atoms with Crippen LogP contribution < -0.4 is 10.1 Å². The number of anilines is 1. The summed E-state index contributed by atoms with van der Waals surface area (Å²) in [5, 5.41) is 21.4. The van der Waals surface area contributed by atoms with E-state index in [4.69, 9.17) is 0 Å². The Hall–Kier alpha value is -3.45. The van der Waals surface area contributed by atoms with Gasteiger partial charge in [-0.15, -0.1) is 0 Å². The van der Waals surface area contributed by atoms with E-state index in [1.54, 1.807) is 6.07 Å². The summed E-state index contributed by atoms with van der Waals surface area (Å²) < 4.78 is 52.5. The van der Waals surface area contributed by atoms with E-state index in [1.807, 2.05) is 0 Å². The Kier molecular flexibility index (Phi) is 6.90. The molecule has 0 aliphatic heterocycles. The number of carbonyl (C=O) groups is 1. The third-order valence-electron chi connectivity index (χ3n) is 3.74. The normalized spacial score (nSPS) is 11.8. The van der Waals surface area contributed by atoms with Gasteiger partial charge in [0.2, 0.25) is 0 Å². The number of amides is 1. The van der Waals surface area contributed by atoms with Gasteiger partial charge < -0.3 is 15.2 Å². The minimum Gasteiger partial charge on any atom is -0.506 e. The molecule has 2 rings (SSSR count). The summed E-state index contributed by atoms with van der Waals surface area (Å²) in [4.78, 5) is 12.3. The van der Waals surface area contributed by atoms with Crippen molar-refractivity contribution < 1.29 is 31.8 Å². The molecule has 2 aromatic carbocycles. The lowest BCUT2D eigenvalue weighted by Crippen LogP contribution is -2.14. The molecular formula is C19H16F2N2O5S. The van der Waals surface area contributed by atoms with Crippen LogP contribution >= 0.6 is 0 Å².